The van der Waals surface area contributed by atoms with Gasteiger partial charge in [-0.2, -0.15) is 22.7 Å². The van der Waals surface area contributed by atoms with Crippen LogP contribution in [0.3, 0.4) is 0 Å². The molecular weight excluding hydrogens is 464 g/mol. The first-order valence-corrected chi connectivity index (χ1v) is 10.8. The van der Waals surface area contributed by atoms with E-state index in [0.29, 0.717) is 18.2 Å². The first kappa shape index (κ1) is 25.8. The second-order valence-electron chi connectivity index (χ2n) is 8.39. The Bertz CT molecular complexity index is 1010. The van der Waals surface area contributed by atoms with E-state index in [1.54, 1.807) is 48.6 Å². The molecule has 0 amide bonds. The molecule has 1 aliphatic heterocycles. The third kappa shape index (κ3) is 9.15. The average molecular weight is 491 g/mol. The van der Waals surface area contributed by atoms with Crippen molar-refractivity contribution in [3.05, 3.63) is 71.8 Å². The summed E-state index contributed by atoms with van der Waals surface area (Å²) in [5.74, 6) is 0.679. The van der Waals surface area contributed by atoms with Gasteiger partial charge in [-0.1, -0.05) is 50.3 Å². The van der Waals surface area contributed by atoms with Crippen LogP contribution in [-0.4, -0.2) is 38.0 Å². The van der Waals surface area contributed by atoms with Crippen LogP contribution in [0.15, 0.2) is 70.8 Å². The lowest BCUT2D eigenvalue weighted by Crippen LogP contribution is -2.46. The summed E-state index contributed by atoms with van der Waals surface area (Å²) in [6, 6.07) is 12.3. The first-order chi connectivity index (χ1) is 16.7. The summed E-state index contributed by atoms with van der Waals surface area (Å²) >= 11 is 0. The summed E-state index contributed by atoms with van der Waals surface area (Å²) < 4.78 is 58.1. The Morgan fingerprint density at radius 2 is 1.40 bits per heavy atom. The molecule has 0 bridgehead atoms. The van der Waals surface area contributed by atoms with Gasteiger partial charge in [0.1, 0.15) is 11.5 Å². The second kappa shape index (κ2) is 12.0. The number of hydrazone groups is 1. The third-order valence-corrected chi connectivity index (χ3v) is 4.79. The zero-order valence-corrected chi connectivity index (χ0v) is 19.2. The maximum Gasteiger partial charge on any atom is 0.387 e. The average Bonchev–Trinajstić information content (AvgIpc) is 2.80. The zero-order valence-electron chi connectivity index (χ0n) is 19.2. The molecule has 0 aromatic heterocycles. The molecular formula is C25H26F4N4O2. The number of hydrogen-bond acceptors (Lipinski definition) is 6. The fourth-order valence-electron chi connectivity index (χ4n) is 2.93. The van der Waals surface area contributed by atoms with Gasteiger partial charge in [0.05, 0.1) is 5.71 Å². The third-order valence-electron chi connectivity index (χ3n) is 4.79. The highest BCUT2D eigenvalue weighted by Crippen LogP contribution is 2.18. The predicted molar refractivity (Wildman–Crippen MR) is 129 cm³/mol. The molecule has 3 rings (SSSR count). The van der Waals surface area contributed by atoms with Gasteiger partial charge in [0.25, 0.3) is 0 Å². The molecule has 2 aromatic carbocycles. The fraction of sp³-hybridized carbons (Fsp3) is 0.280. The fourth-order valence-corrected chi connectivity index (χ4v) is 2.93. The number of guanidine groups is 1. The van der Waals surface area contributed by atoms with Gasteiger partial charge in [-0.3, -0.25) is 4.99 Å². The lowest BCUT2D eigenvalue weighted by Gasteiger charge is -2.28. The molecule has 2 aromatic rings. The van der Waals surface area contributed by atoms with Crippen LogP contribution in [0.25, 0.3) is 12.2 Å². The number of rotatable bonds is 9. The van der Waals surface area contributed by atoms with Crippen molar-refractivity contribution in [1.82, 2.24) is 10.7 Å². The second-order valence-corrected chi connectivity index (χ2v) is 8.39. The van der Waals surface area contributed by atoms with Crippen molar-refractivity contribution in [3.8, 4) is 11.5 Å². The van der Waals surface area contributed by atoms with Crippen molar-refractivity contribution in [2.75, 3.05) is 13.1 Å². The highest BCUT2D eigenvalue weighted by atomic mass is 19.3. The summed E-state index contributed by atoms with van der Waals surface area (Å²) in [7, 11) is 0. The quantitative estimate of drug-likeness (QED) is 0.275. The topological polar surface area (TPSA) is 67.2 Å². The lowest BCUT2D eigenvalue weighted by atomic mass is 9.93. The molecule has 0 atom stereocenters. The molecule has 1 heterocycles. The van der Waals surface area contributed by atoms with Crippen molar-refractivity contribution in [1.29, 1.82) is 0 Å². The molecule has 0 aliphatic carbocycles. The van der Waals surface area contributed by atoms with Crippen LogP contribution in [0.5, 0.6) is 11.5 Å². The minimum absolute atomic E-state index is 0.0535. The highest BCUT2D eigenvalue weighted by Gasteiger charge is 2.21. The Morgan fingerprint density at radius 1 is 0.914 bits per heavy atom. The molecule has 6 nitrogen and oxygen atoms in total. The maximum atomic E-state index is 12.3. The molecule has 0 spiro atoms. The van der Waals surface area contributed by atoms with E-state index in [-0.39, 0.29) is 16.9 Å². The summed E-state index contributed by atoms with van der Waals surface area (Å²) in [5.41, 5.74) is 4.99. The Hall–Kier alpha value is -3.82. The van der Waals surface area contributed by atoms with E-state index in [0.717, 1.165) is 17.7 Å². The monoisotopic (exact) mass is 490 g/mol. The maximum absolute atomic E-state index is 12.3. The van der Waals surface area contributed by atoms with Crippen molar-refractivity contribution in [3.63, 3.8) is 0 Å². The minimum Gasteiger partial charge on any atom is -0.435 e. The summed E-state index contributed by atoms with van der Waals surface area (Å²) in [4.78, 5) is 4.45. The van der Waals surface area contributed by atoms with E-state index in [2.05, 4.69) is 44.2 Å². The van der Waals surface area contributed by atoms with Crippen LogP contribution in [0, 0.1) is 5.41 Å². The molecule has 186 valence electrons. The molecule has 0 saturated carbocycles. The number of aliphatic imine (C=N–C) groups is 1. The van der Waals surface area contributed by atoms with E-state index in [9.17, 15) is 17.6 Å². The lowest BCUT2D eigenvalue weighted by molar-refractivity contribution is -0.0505. The minimum atomic E-state index is -2.88. The highest BCUT2D eigenvalue weighted by molar-refractivity contribution is 6.09. The van der Waals surface area contributed by atoms with E-state index in [1.165, 1.54) is 24.3 Å². The van der Waals surface area contributed by atoms with Gasteiger partial charge in [-0.15, -0.1) is 0 Å². The largest absolute Gasteiger partial charge is 0.435 e. The van der Waals surface area contributed by atoms with Crippen molar-refractivity contribution in [2.24, 2.45) is 15.5 Å². The van der Waals surface area contributed by atoms with Gasteiger partial charge in [-0.25, -0.2) is 5.43 Å². The van der Waals surface area contributed by atoms with E-state index < -0.39 is 13.2 Å². The van der Waals surface area contributed by atoms with Crippen LogP contribution in [0.4, 0.5) is 17.6 Å². The van der Waals surface area contributed by atoms with Gasteiger partial charge >= 0.3 is 13.2 Å². The van der Waals surface area contributed by atoms with Crippen molar-refractivity contribution in [2.45, 2.75) is 27.1 Å². The van der Waals surface area contributed by atoms with Crippen molar-refractivity contribution < 1.29 is 27.0 Å². The summed E-state index contributed by atoms with van der Waals surface area (Å²) in [5, 5.41) is 7.58. The van der Waals surface area contributed by atoms with Gasteiger partial charge in [0.2, 0.25) is 5.96 Å². The summed E-state index contributed by atoms with van der Waals surface area (Å²) in [6.45, 7) is -0.159. The molecule has 2 N–H and O–H groups in total. The van der Waals surface area contributed by atoms with Crippen LogP contribution >= 0.6 is 0 Å². The zero-order chi connectivity index (χ0) is 25.3. The van der Waals surface area contributed by atoms with E-state index >= 15 is 0 Å². The molecule has 10 heteroatoms. The Morgan fingerprint density at radius 3 is 1.80 bits per heavy atom. The number of ether oxygens (including phenoxy) is 2. The van der Waals surface area contributed by atoms with E-state index in [1.807, 2.05) is 0 Å². The molecule has 0 radical (unpaired) electrons. The number of nitrogens with zero attached hydrogens (tertiary/aromatic N) is 2. The molecule has 35 heavy (non-hydrogen) atoms. The molecule has 0 fully saturated rings. The number of hydrogen-bond donors (Lipinski definition) is 2. The predicted octanol–water partition coefficient (Wildman–Crippen LogP) is 5.55. The normalized spacial score (nSPS) is 15.3. The van der Waals surface area contributed by atoms with Gasteiger partial charge < -0.3 is 14.8 Å². The molecule has 1 aliphatic rings. The van der Waals surface area contributed by atoms with Gasteiger partial charge in [0, 0.05) is 18.5 Å². The van der Waals surface area contributed by atoms with Crippen LogP contribution < -0.4 is 20.2 Å². The summed E-state index contributed by atoms with van der Waals surface area (Å²) in [6.07, 6.45) is 6.98. The van der Waals surface area contributed by atoms with Gasteiger partial charge in [-0.05, 0) is 47.5 Å². The standard InChI is InChI=1S/C25H26F4N4O2/c1-25(2)15-30-24(31-16-25)33-32-19(9-3-17-5-11-20(12-6-17)34-22(26)27)10-4-18-7-13-21(14-8-18)35-23(28)29/h3-14,22-23H,15-16H2,1-2H3,(H2,30,31,33). The Kier molecular flexibility index (Phi) is 8.88. The first-order valence-electron chi connectivity index (χ1n) is 10.8. The number of alkyl halides is 4. The van der Waals surface area contributed by atoms with Crippen LogP contribution in [0.1, 0.15) is 25.0 Å². The molecule has 0 saturated heterocycles. The number of benzene rings is 2. The number of allylic oxidation sites excluding steroid dienone is 2. The van der Waals surface area contributed by atoms with Crippen LogP contribution in [-0.2, 0) is 0 Å². The number of nitrogens with one attached hydrogen (secondary N) is 2. The number of halogens is 4. The smallest absolute Gasteiger partial charge is 0.387 e. The van der Waals surface area contributed by atoms with E-state index in [4.69, 9.17) is 0 Å². The van der Waals surface area contributed by atoms with Gasteiger partial charge in [0.15, 0.2) is 0 Å². The Balaban J connectivity index is 1.75. The molecule has 0 unspecified atom stereocenters. The van der Waals surface area contributed by atoms with Crippen LogP contribution in [0.2, 0.25) is 0 Å². The SMILES string of the molecule is CC1(C)CN=C(NN=C(C=Cc2ccc(OC(F)F)cc2)C=Cc2ccc(OC(F)F)cc2)NC1. The Labute approximate surface area is 201 Å². The van der Waals surface area contributed by atoms with Crippen molar-refractivity contribution >= 4 is 23.8 Å².